The van der Waals surface area contributed by atoms with E-state index in [2.05, 4.69) is 17.9 Å². The molecule has 1 atom stereocenters. The van der Waals surface area contributed by atoms with Crippen molar-refractivity contribution in [3.63, 3.8) is 0 Å². The van der Waals surface area contributed by atoms with Crippen LogP contribution in [0.15, 0.2) is 12.1 Å². The smallest absolute Gasteiger partial charge is 0.237 e. The number of carbonyl (C=O) groups is 1. The number of methoxy groups -OCH3 is 3. The second-order valence-electron chi connectivity index (χ2n) is 4.59. The van der Waals surface area contributed by atoms with E-state index < -0.39 is 0 Å². The Hall–Kier alpha value is -1.56. The van der Waals surface area contributed by atoms with Gasteiger partial charge in [0.1, 0.15) is 0 Å². The fourth-order valence-corrected chi connectivity index (χ4v) is 1.74. The predicted molar refractivity (Wildman–Crippen MR) is 82.3 cm³/mol. The highest BCUT2D eigenvalue weighted by Gasteiger charge is 2.19. The van der Waals surface area contributed by atoms with Gasteiger partial charge in [0.25, 0.3) is 0 Å². The molecule has 0 aliphatic heterocycles. The Morgan fingerprint density at radius 3 is 1.95 bits per heavy atom. The molecule has 1 amide bonds. The molecule has 0 heterocycles. The molecule has 0 bridgehead atoms. The maximum atomic E-state index is 12.0. The van der Waals surface area contributed by atoms with Crippen LogP contribution in [0.5, 0.6) is 17.2 Å². The van der Waals surface area contributed by atoms with E-state index >= 15 is 0 Å². The van der Waals surface area contributed by atoms with Gasteiger partial charge in [-0.1, -0.05) is 13.8 Å². The van der Waals surface area contributed by atoms with E-state index in [4.69, 9.17) is 14.2 Å². The highest BCUT2D eigenvalue weighted by molar-refractivity contribution is 7.81. The first-order chi connectivity index (χ1) is 9.44. The largest absolute Gasteiger partial charge is 0.493 e. The van der Waals surface area contributed by atoms with Gasteiger partial charge in [0, 0.05) is 17.8 Å². The number of ether oxygens (including phenoxy) is 3. The number of benzene rings is 1. The number of rotatable bonds is 6. The quantitative estimate of drug-likeness (QED) is 0.793. The molecule has 6 heteroatoms. The van der Waals surface area contributed by atoms with Gasteiger partial charge in [0.2, 0.25) is 11.7 Å². The van der Waals surface area contributed by atoms with Gasteiger partial charge in [-0.25, -0.2) is 0 Å². The van der Waals surface area contributed by atoms with E-state index in [1.165, 1.54) is 21.3 Å². The Kier molecular flexibility index (Phi) is 6.01. The van der Waals surface area contributed by atoms with E-state index in [0.717, 1.165) is 0 Å². The minimum atomic E-state index is -0.380. The normalized spacial score (nSPS) is 11.9. The van der Waals surface area contributed by atoms with Crippen LogP contribution >= 0.6 is 12.6 Å². The summed E-state index contributed by atoms with van der Waals surface area (Å²) >= 11 is 4.29. The van der Waals surface area contributed by atoms with Crippen LogP contribution in [0.1, 0.15) is 13.8 Å². The third-order valence-corrected chi connectivity index (χ3v) is 3.66. The average Bonchev–Trinajstić information content (AvgIpc) is 2.44. The molecule has 0 saturated carbocycles. The van der Waals surface area contributed by atoms with Crippen LogP contribution in [-0.2, 0) is 4.79 Å². The number of anilines is 1. The summed E-state index contributed by atoms with van der Waals surface area (Å²) in [6, 6.07) is 3.36. The van der Waals surface area contributed by atoms with Crippen molar-refractivity contribution < 1.29 is 19.0 Å². The second-order valence-corrected chi connectivity index (χ2v) is 5.15. The minimum Gasteiger partial charge on any atom is -0.493 e. The summed E-state index contributed by atoms with van der Waals surface area (Å²) in [5.74, 6) is 1.43. The van der Waals surface area contributed by atoms with E-state index in [0.29, 0.717) is 22.9 Å². The molecule has 0 radical (unpaired) electrons. The molecule has 0 aliphatic rings. The van der Waals surface area contributed by atoms with Crippen LogP contribution in [0.2, 0.25) is 0 Å². The Morgan fingerprint density at radius 2 is 1.60 bits per heavy atom. The number of nitrogens with one attached hydrogen (secondary N) is 1. The Bertz CT molecular complexity index is 451. The lowest BCUT2D eigenvalue weighted by atomic mass is 10.1. The van der Waals surface area contributed by atoms with Crippen molar-refractivity contribution in [2.45, 2.75) is 19.1 Å². The molecular weight excluding hydrogens is 278 g/mol. The highest BCUT2D eigenvalue weighted by Crippen LogP contribution is 2.40. The predicted octanol–water partition coefficient (Wildman–Crippen LogP) is 2.61. The van der Waals surface area contributed by atoms with Gasteiger partial charge in [-0.2, -0.15) is 12.6 Å². The summed E-state index contributed by atoms with van der Waals surface area (Å²) in [5, 5.41) is 2.41. The molecular formula is C14H21NO4S. The summed E-state index contributed by atoms with van der Waals surface area (Å²) in [6.07, 6.45) is 0. The van der Waals surface area contributed by atoms with Crippen molar-refractivity contribution in [1.29, 1.82) is 0 Å². The van der Waals surface area contributed by atoms with Crippen molar-refractivity contribution in [3.8, 4) is 17.2 Å². The van der Waals surface area contributed by atoms with Gasteiger partial charge in [-0.05, 0) is 5.92 Å². The topological polar surface area (TPSA) is 56.8 Å². The number of amides is 1. The number of hydrogen-bond donors (Lipinski definition) is 2. The van der Waals surface area contributed by atoms with Gasteiger partial charge in [0.05, 0.1) is 26.6 Å². The van der Waals surface area contributed by atoms with Crippen LogP contribution in [0, 0.1) is 5.92 Å². The van der Waals surface area contributed by atoms with Crippen molar-refractivity contribution in [2.24, 2.45) is 5.92 Å². The molecule has 1 unspecified atom stereocenters. The summed E-state index contributed by atoms with van der Waals surface area (Å²) in [7, 11) is 4.58. The first-order valence-corrected chi connectivity index (χ1v) is 6.75. The fraction of sp³-hybridized carbons (Fsp3) is 0.500. The average molecular weight is 299 g/mol. The number of hydrogen-bond acceptors (Lipinski definition) is 5. The number of thiol groups is 1. The van der Waals surface area contributed by atoms with Crippen LogP contribution in [0.3, 0.4) is 0 Å². The van der Waals surface area contributed by atoms with Crippen molar-refractivity contribution >= 4 is 24.2 Å². The van der Waals surface area contributed by atoms with Crippen LogP contribution in [0.25, 0.3) is 0 Å². The molecule has 0 aliphatic carbocycles. The van der Waals surface area contributed by atoms with Gasteiger partial charge >= 0.3 is 0 Å². The second kappa shape index (κ2) is 7.28. The SMILES string of the molecule is COc1cc(NC(=O)C(S)C(C)C)cc(OC)c1OC. The lowest BCUT2D eigenvalue weighted by Crippen LogP contribution is -2.27. The molecule has 0 spiro atoms. The lowest BCUT2D eigenvalue weighted by Gasteiger charge is -2.17. The van der Waals surface area contributed by atoms with Gasteiger partial charge in [-0.15, -0.1) is 0 Å². The van der Waals surface area contributed by atoms with E-state index in [1.54, 1.807) is 12.1 Å². The van der Waals surface area contributed by atoms with Gasteiger partial charge in [-0.3, -0.25) is 4.79 Å². The molecule has 1 rings (SSSR count). The Labute approximate surface area is 125 Å². The molecule has 20 heavy (non-hydrogen) atoms. The third kappa shape index (κ3) is 3.72. The summed E-state index contributed by atoms with van der Waals surface area (Å²) < 4.78 is 15.7. The van der Waals surface area contributed by atoms with Crippen molar-refractivity contribution in [1.82, 2.24) is 0 Å². The molecule has 1 aromatic carbocycles. The molecule has 0 aromatic heterocycles. The van der Waals surface area contributed by atoms with Crippen LogP contribution in [-0.4, -0.2) is 32.5 Å². The zero-order valence-electron chi connectivity index (χ0n) is 12.4. The zero-order valence-corrected chi connectivity index (χ0v) is 13.3. The van der Waals surface area contributed by atoms with Crippen molar-refractivity contribution in [2.75, 3.05) is 26.6 Å². The maximum absolute atomic E-state index is 12.0. The molecule has 5 nitrogen and oxygen atoms in total. The minimum absolute atomic E-state index is 0.139. The fourth-order valence-electron chi connectivity index (χ4n) is 1.67. The third-order valence-electron chi connectivity index (χ3n) is 2.83. The first-order valence-electron chi connectivity index (χ1n) is 6.23. The van der Waals surface area contributed by atoms with E-state index in [9.17, 15) is 4.79 Å². The molecule has 1 N–H and O–H groups in total. The summed E-state index contributed by atoms with van der Waals surface area (Å²) in [5.41, 5.74) is 0.573. The Balaban J connectivity index is 3.05. The monoisotopic (exact) mass is 299 g/mol. The van der Waals surface area contributed by atoms with E-state index in [-0.39, 0.29) is 17.1 Å². The Morgan fingerprint density at radius 1 is 1.10 bits per heavy atom. The molecule has 0 saturated heterocycles. The molecule has 0 fully saturated rings. The van der Waals surface area contributed by atoms with Crippen LogP contribution < -0.4 is 19.5 Å². The van der Waals surface area contributed by atoms with Gasteiger partial charge < -0.3 is 19.5 Å². The van der Waals surface area contributed by atoms with Crippen molar-refractivity contribution in [3.05, 3.63) is 12.1 Å². The molecule has 112 valence electrons. The van der Waals surface area contributed by atoms with Gasteiger partial charge in [0.15, 0.2) is 11.5 Å². The molecule has 1 aromatic rings. The standard InChI is InChI=1S/C14H21NO4S/c1-8(2)13(20)14(16)15-9-6-10(17-3)12(19-5)11(7-9)18-4/h6-8,13,20H,1-5H3,(H,15,16). The maximum Gasteiger partial charge on any atom is 0.237 e. The first kappa shape index (κ1) is 16.5. The van der Waals surface area contributed by atoms with E-state index in [1.807, 2.05) is 13.8 Å². The zero-order chi connectivity index (χ0) is 15.3. The summed E-state index contributed by atoms with van der Waals surface area (Å²) in [4.78, 5) is 12.0. The number of carbonyl (C=O) groups excluding carboxylic acids is 1. The summed E-state index contributed by atoms with van der Waals surface area (Å²) in [6.45, 7) is 3.87. The van der Waals surface area contributed by atoms with Crippen LogP contribution in [0.4, 0.5) is 5.69 Å². The highest BCUT2D eigenvalue weighted by atomic mass is 32.1. The lowest BCUT2D eigenvalue weighted by molar-refractivity contribution is -0.116.